The second kappa shape index (κ2) is 11.4. The van der Waals surface area contributed by atoms with Gasteiger partial charge in [0.25, 0.3) is 0 Å². The Morgan fingerprint density at radius 3 is 1.42 bits per heavy atom. The average molecular weight is 697 g/mol. The van der Waals surface area contributed by atoms with Crippen molar-refractivity contribution >= 4 is 32.3 Å². The molecule has 0 unspecified atom stereocenters. The van der Waals surface area contributed by atoms with Crippen molar-refractivity contribution in [3.05, 3.63) is 216 Å². The molecule has 0 atom stereocenters. The molecule has 0 fully saturated rings. The van der Waals surface area contributed by atoms with E-state index in [1.807, 2.05) is 0 Å². The molecule has 254 valence electrons. The monoisotopic (exact) mass is 696 g/mol. The molecule has 1 spiro atoms. The Balaban J connectivity index is 1.13. The maximum Gasteiger partial charge on any atom is 0.160 e. The summed E-state index contributed by atoms with van der Waals surface area (Å²) in [6.07, 6.45) is 0. The summed E-state index contributed by atoms with van der Waals surface area (Å²) in [6.45, 7) is 0. The fourth-order valence-electron chi connectivity index (χ4n) is 9.87. The molecule has 0 saturated heterocycles. The van der Waals surface area contributed by atoms with Crippen LogP contribution in [-0.2, 0) is 5.41 Å². The van der Waals surface area contributed by atoms with E-state index in [0.29, 0.717) is 5.82 Å². The van der Waals surface area contributed by atoms with E-state index < -0.39 is 5.41 Å². The van der Waals surface area contributed by atoms with Gasteiger partial charge < -0.3 is 0 Å². The Labute approximate surface area is 319 Å². The van der Waals surface area contributed by atoms with Crippen molar-refractivity contribution in [3.8, 4) is 56.2 Å². The summed E-state index contributed by atoms with van der Waals surface area (Å²) >= 11 is 0. The maximum absolute atomic E-state index is 5.49. The maximum atomic E-state index is 5.49. The minimum absolute atomic E-state index is 0.421. The van der Waals surface area contributed by atoms with Crippen molar-refractivity contribution in [3.63, 3.8) is 0 Å². The molecular weight excluding hydrogens is 665 g/mol. The molecule has 0 aliphatic heterocycles. The van der Waals surface area contributed by atoms with E-state index in [1.165, 1.54) is 76.8 Å². The van der Waals surface area contributed by atoms with Crippen LogP contribution in [0.2, 0.25) is 0 Å². The van der Waals surface area contributed by atoms with Gasteiger partial charge in [-0.3, -0.25) is 0 Å². The van der Waals surface area contributed by atoms with Gasteiger partial charge in [0.05, 0.1) is 16.8 Å². The number of benzene rings is 9. The minimum atomic E-state index is -0.421. The first-order valence-corrected chi connectivity index (χ1v) is 19.0. The lowest BCUT2D eigenvalue weighted by Crippen LogP contribution is -2.25. The molecule has 0 radical (unpaired) electrons. The van der Waals surface area contributed by atoms with E-state index in [2.05, 4.69) is 194 Å². The predicted molar refractivity (Wildman–Crippen MR) is 227 cm³/mol. The molecule has 0 amide bonds. The molecule has 2 aliphatic rings. The molecule has 2 heteroatoms. The van der Waals surface area contributed by atoms with Gasteiger partial charge in [0, 0.05) is 16.7 Å². The van der Waals surface area contributed by atoms with Gasteiger partial charge in [-0.15, -0.1) is 0 Å². The van der Waals surface area contributed by atoms with E-state index in [0.717, 1.165) is 28.1 Å². The molecule has 1 heterocycles. The molecular formula is C53H32N2. The lowest BCUT2D eigenvalue weighted by atomic mass is 9.70. The first-order valence-electron chi connectivity index (χ1n) is 19.0. The topological polar surface area (TPSA) is 25.8 Å². The first kappa shape index (κ1) is 30.3. The standard InChI is InChI=1S/C53H32N2/c1-2-15-33(16-3-1)49-32-50(55-52(54-49)34-29-30-39-37-19-5-4-17-35(37)36-18-6-7-20-38(36)44(39)31-34)43-24-14-28-48-51(43)42-23-10-13-27-47(42)53(48)45-25-11-8-21-40(45)41-22-9-12-26-46(41)53/h1-32H. The number of hydrogen-bond donors (Lipinski definition) is 0. The Hall–Kier alpha value is -7.16. The average Bonchev–Trinajstić information content (AvgIpc) is 3.74. The number of rotatable bonds is 3. The van der Waals surface area contributed by atoms with Gasteiger partial charge >= 0.3 is 0 Å². The van der Waals surface area contributed by atoms with Crippen molar-refractivity contribution in [1.29, 1.82) is 0 Å². The third-order valence-electron chi connectivity index (χ3n) is 12.1. The lowest BCUT2D eigenvalue weighted by molar-refractivity contribution is 0.794. The van der Waals surface area contributed by atoms with E-state index in [9.17, 15) is 0 Å². The number of hydrogen-bond acceptors (Lipinski definition) is 2. The molecule has 10 aromatic rings. The van der Waals surface area contributed by atoms with Crippen LogP contribution in [0, 0.1) is 0 Å². The highest BCUT2D eigenvalue weighted by molar-refractivity contribution is 6.25. The van der Waals surface area contributed by atoms with Crippen molar-refractivity contribution in [2.45, 2.75) is 5.41 Å². The SMILES string of the molecule is c1ccc(-c2cc(-c3cccc4c3-c3ccccc3C43c4ccccc4-c4ccccc43)nc(-c3ccc4c5ccccc5c5ccccc5c4c3)n2)cc1. The molecule has 55 heavy (non-hydrogen) atoms. The summed E-state index contributed by atoms with van der Waals surface area (Å²) in [5, 5.41) is 7.45. The van der Waals surface area contributed by atoms with Crippen LogP contribution in [0.3, 0.4) is 0 Å². The summed E-state index contributed by atoms with van der Waals surface area (Å²) in [7, 11) is 0. The molecule has 12 rings (SSSR count). The van der Waals surface area contributed by atoms with Crippen molar-refractivity contribution in [1.82, 2.24) is 9.97 Å². The summed E-state index contributed by atoms with van der Waals surface area (Å²) in [5.74, 6) is 0.714. The number of fused-ring (bicyclic) bond motifs is 16. The van der Waals surface area contributed by atoms with Crippen LogP contribution < -0.4 is 0 Å². The zero-order chi connectivity index (χ0) is 36.1. The van der Waals surface area contributed by atoms with Crippen LogP contribution >= 0.6 is 0 Å². The highest BCUT2D eigenvalue weighted by atomic mass is 14.9. The van der Waals surface area contributed by atoms with E-state index in [1.54, 1.807) is 0 Å². The van der Waals surface area contributed by atoms with Gasteiger partial charge in [-0.05, 0) is 89.0 Å². The molecule has 0 bridgehead atoms. The van der Waals surface area contributed by atoms with Crippen molar-refractivity contribution in [2.75, 3.05) is 0 Å². The fourth-order valence-corrected chi connectivity index (χ4v) is 9.87. The second-order valence-corrected chi connectivity index (χ2v) is 14.8. The van der Waals surface area contributed by atoms with Gasteiger partial charge in [0.15, 0.2) is 5.82 Å². The third-order valence-corrected chi connectivity index (χ3v) is 12.1. The van der Waals surface area contributed by atoms with Gasteiger partial charge in [-0.25, -0.2) is 9.97 Å². The lowest BCUT2D eigenvalue weighted by Gasteiger charge is -2.30. The van der Waals surface area contributed by atoms with Crippen molar-refractivity contribution in [2.24, 2.45) is 0 Å². The van der Waals surface area contributed by atoms with E-state index >= 15 is 0 Å². The summed E-state index contributed by atoms with van der Waals surface area (Å²) < 4.78 is 0. The molecule has 0 N–H and O–H groups in total. The Bertz CT molecular complexity index is 3130. The largest absolute Gasteiger partial charge is 0.228 e. The van der Waals surface area contributed by atoms with Crippen molar-refractivity contribution < 1.29 is 0 Å². The number of aromatic nitrogens is 2. The van der Waals surface area contributed by atoms with Crippen LogP contribution in [-0.4, -0.2) is 9.97 Å². The second-order valence-electron chi connectivity index (χ2n) is 14.8. The van der Waals surface area contributed by atoms with Gasteiger partial charge in [0.2, 0.25) is 0 Å². The predicted octanol–water partition coefficient (Wildman–Crippen LogP) is 13.3. The molecule has 1 aromatic heterocycles. The van der Waals surface area contributed by atoms with Crippen LogP contribution in [0.5, 0.6) is 0 Å². The van der Waals surface area contributed by atoms with Crippen LogP contribution in [0.1, 0.15) is 22.3 Å². The molecule has 0 saturated carbocycles. The Morgan fingerprint density at radius 1 is 0.291 bits per heavy atom. The van der Waals surface area contributed by atoms with Gasteiger partial charge in [-0.1, -0.05) is 182 Å². The quantitative estimate of drug-likeness (QED) is 0.172. The zero-order valence-corrected chi connectivity index (χ0v) is 29.9. The minimum Gasteiger partial charge on any atom is -0.228 e. The Kier molecular flexibility index (Phi) is 6.29. The first-order chi connectivity index (χ1) is 27.3. The van der Waals surface area contributed by atoms with E-state index in [-0.39, 0.29) is 0 Å². The summed E-state index contributed by atoms with van der Waals surface area (Å²) in [6, 6.07) is 70.7. The van der Waals surface area contributed by atoms with Gasteiger partial charge in [0.1, 0.15) is 0 Å². The van der Waals surface area contributed by atoms with E-state index in [4.69, 9.17) is 9.97 Å². The highest BCUT2D eigenvalue weighted by Crippen LogP contribution is 2.63. The van der Waals surface area contributed by atoms with Crippen LogP contribution in [0.4, 0.5) is 0 Å². The fraction of sp³-hybridized carbons (Fsp3) is 0.0189. The highest BCUT2D eigenvalue weighted by Gasteiger charge is 2.52. The van der Waals surface area contributed by atoms with Crippen LogP contribution in [0.15, 0.2) is 194 Å². The molecule has 2 aliphatic carbocycles. The smallest absolute Gasteiger partial charge is 0.160 e. The zero-order valence-electron chi connectivity index (χ0n) is 29.9. The third kappa shape index (κ3) is 4.14. The summed E-state index contributed by atoms with van der Waals surface area (Å²) in [4.78, 5) is 10.8. The Morgan fingerprint density at radius 2 is 0.764 bits per heavy atom. The van der Waals surface area contributed by atoms with Gasteiger partial charge in [-0.2, -0.15) is 0 Å². The number of nitrogens with zero attached hydrogens (tertiary/aromatic N) is 2. The van der Waals surface area contributed by atoms with Crippen LogP contribution in [0.25, 0.3) is 88.5 Å². The molecule has 2 nitrogen and oxygen atoms in total. The molecule has 9 aromatic carbocycles. The summed E-state index contributed by atoms with van der Waals surface area (Å²) in [5.41, 5.74) is 15.0. The normalized spacial score (nSPS) is 13.2.